The number of hydrogen-bond donors (Lipinski definition) is 0. The molecule has 5 rings (SSSR count). The van der Waals surface area contributed by atoms with E-state index in [9.17, 15) is 0 Å². The zero-order chi connectivity index (χ0) is 20.7. The molecule has 1 saturated carbocycles. The molecule has 0 aromatic heterocycles. The van der Waals surface area contributed by atoms with E-state index in [1.165, 1.54) is 52.7 Å². The highest BCUT2D eigenvalue weighted by molar-refractivity contribution is 5.97. The van der Waals surface area contributed by atoms with Crippen molar-refractivity contribution in [2.45, 2.75) is 51.5 Å². The van der Waals surface area contributed by atoms with Crippen LogP contribution in [0.2, 0.25) is 0 Å². The summed E-state index contributed by atoms with van der Waals surface area (Å²) in [6.07, 6.45) is 8.16. The van der Waals surface area contributed by atoms with E-state index >= 15 is 0 Å². The maximum Gasteiger partial charge on any atom is 0.0525 e. The quantitative estimate of drug-likeness (QED) is 0.422. The van der Waals surface area contributed by atoms with Crippen molar-refractivity contribution in [1.82, 2.24) is 0 Å². The van der Waals surface area contributed by atoms with Crippen molar-refractivity contribution in [3.8, 4) is 0 Å². The molecule has 1 aliphatic carbocycles. The van der Waals surface area contributed by atoms with Gasteiger partial charge in [0.1, 0.15) is 0 Å². The Kier molecular flexibility index (Phi) is 4.73. The Balaban J connectivity index is 1.67. The number of nitrogens with zero attached hydrogens (tertiary/aromatic N) is 2. The number of rotatable bonds is 3. The van der Waals surface area contributed by atoms with Gasteiger partial charge < -0.3 is 4.90 Å². The zero-order valence-electron chi connectivity index (χ0n) is 18.2. The molecule has 0 radical (unpaired) electrons. The Morgan fingerprint density at radius 2 is 1.70 bits per heavy atom. The van der Waals surface area contributed by atoms with Crippen LogP contribution in [0.3, 0.4) is 0 Å². The van der Waals surface area contributed by atoms with Gasteiger partial charge in [-0.05, 0) is 59.4 Å². The Morgan fingerprint density at radius 1 is 0.933 bits per heavy atom. The van der Waals surface area contributed by atoms with Crippen molar-refractivity contribution >= 4 is 28.4 Å². The fourth-order valence-corrected chi connectivity index (χ4v) is 5.35. The maximum atomic E-state index is 4.96. The van der Waals surface area contributed by atoms with Crippen molar-refractivity contribution in [3.63, 3.8) is 0 Å². The maximum absolute atomic E-state index is 4.96. The average Bonchev–Trinajstić information content (AvgIpc) is 3.27. The van der Waals surface area contributed by atoms with Crippen molar-refractivity contribution in [1.29, 1.82) is 0 Å². The highest BCUT2D eigenvalue weighted by Gasteiger charge is 2.41. The number of benzene rings is 3. The third-order valence-corrected chi connectivity index (χ3v) is 6.99. The SMILES string of the molecule is CC1CCCC1N=CC=C1N(c2ccccc2)c2ccc3ccccc3c2C1(C)C. The van der Waals surface area contributed by atoms with E-state index in [1.54, 1.807) is 0 Å². The van der Waals surface area contributed by atoms with Gasteiger partial charge in [-0.15, -0.1) is 0 Å². The van der Waals surface area contributed by atoms with Crippen LogP contribution in [0.4, 0.5) is 11.4 Å². The molecule has 1 fully saturated rings. The first-order valence-corrected chi connectivity index (χ1v) is 11.2. The van der Waals surface area contributed by atoms with E-state index in [1.807, 2.05) is 0 Å². The van der Waals surface area contributed by atoms with Gasteiger partial charge in [0.05, 0.1) is 11.7 Å². The van der Waals surface area contributed by atoms with Gasteiger partial charge in [0.25, 0.3) is 0 Å². The number of allylic oxidation sites excluding steroid dienone is 2. The van der Waals surface area contributed by atoms with E-state index in [2.05, 4.69) is 105 Å². The van der Waals surface area contributed by atoms with Crippen LogP contribution < -0.4 is 4.90 Å². The van der Waals surface area contributed by atoms with Crippen LogP contribution in [-0.4, -0.2) is 12.3 Å². The molecule has 0 saturated heterocycles. The lowest BCUT2D eigenvalue weighted by molar-refractivity contribution is 0.531. The van der Waals surface area contributed by atoms with Crippen LogP contribution in [0, 0.1) is 5.92 Å². The van der Waals surface area contributed by atoms with Gasteiger partial charge in [-0.3, -0.25) is 4.99 Å². The van der Waals surface area contributed by atoms with E-state index < -0.39 is 0 Å². The monoisotopic (exact) mass is 394 g/mol. The van der Waals surface area contributed by atoms with Gasteiger partial charge in [-0.1, -0.05) is 75.7 Å². The molecule has 0 N–H and O–H groups in total. The van der Waals surface area contributed by atoms with Crippen LogP contribution in [-0.2, 0) is 5.41 Å². The van der Waals surface area contributed by atoms with E-state index in [0.29, 0.717) is 12.0 Å². The molecule has 3 aromatic carbocycles. The van der Waals surface area contributed by atoms with Crippen LogP contribution in [0.1, 0.15) is 45.6 Å². The molecule has 2 heteroatoms. The first kappa shape index (κ1) is 19.1. The first-order chi connectivity index (χ1) is 14.6. The molecule has 2 aliphatic rings. The normalized spacial score (nSPS) is 24.2. The fraction of sp³-hybridized carbons (Fsp3) is 0.321. The van der Waals surface area contributed by atoms with Crippen LogP contribution >= 0.6 is 0 Å². The Bertz CT molecular complexity index is 1120. The van der Waals surface area contributed by atoms with Crippen molar-refractivity contribution in [2.75, 3.05) is 4.90 Å². The molecule has 0 spiro atoms. The third kappa shape index (κ3) is 3.06. The summed E-state index contributed by atoms with van der Waals surface area (Å²) in [6.45, 7) is 7.03. The summed E-state index contributed by atoms with van der Waals surface area (Å²) >= 11 is 0. The molecule has 1 heterocycles. The van der Waals surface area contributed by atoms with E-state index in [4.69, 9.17) is 4.99 Å². The Labute approximate surface area is 180 Å². The minimum atomic E-state index is -0.112. The molecule has 2 unspecified atom stereocenters. The van der Waals surface area contributed by atoms with Crippen molar-refractivity contribution in [3.05, 3.63) is 84.1 Å². The van der Waals surface area contributed by atoms with Gasteiger partial charge >= 0.3 is 0 Å². The molecular formula is C28H30N2. The Hall–Kier alpha value is -2.87. The number of hydrogen-bond acceptors (Lipinski definition) is 2. The highest BCUT2D eigenvalue weighted by atomic mass is 15.2. The summed E-state index contributed by atoms with van der Waals surface area (Å²) in [5.41, 5.74) is 5.05. The number of aliphatic imine (C=N–C) groups is 1. The average molecular weight is 395 g/mol. The standard InChI is InChI=1S/C28H30N2/c1-20-10-9-15-24(20)29-19-18-26-28(2,3)27-23-14-8-7-11-21(23)16-17-25(27)30(26)22-12-5-4-6-13-22/h4-8,11-14,16-20,24H,9-10,15H2,1-3H3. The molecule has 30 heavy (non-hydrogen) atoms. The second-order valence-electron chi connectivity index (χ2n) is 9.30. The van der Waals surface area contributed by atoms with E-state index in [-0.39, 0.29) is 5.41 Å². The third-order valence-electron chi connectivity index (χ3n) is 6.99. The summed E-state index contributed by atoms with van der Waals surface area (Å²) in [6, 6.07) is 24.5. The zero-order valence-corrected chi connectivity index (χ0v) is 18.2. The summed E-state index contributed by atoms with van der Waals surface area (Å²) < 4.78 is 0. The predicted octanol–water partition coefficient (Wildman–Crippen LogP) is 7.41. The van der Waals surface area contributed by atoms with Gasteiger partial charge in [0.2, 0.25) is 0 Å². The van der Waals surface area contributed by atoms with Crippen LogP contribution in [0.15, 0.2) is 83.5 Å². The molecular weight excluding hydrogens is 364 g/mol. The minimum Gasteiger partial charge on any atom is -0.313 e. The minimum absolute atomic E-state index is 0.112. The van der Waals surface area contributed by atoms with Crippen molar-refractivity contribution in [2.24, 2.45) is 10.9 Å². The number of anilines is 2. The summed E-state index contributed by atoms with van der Waals surface area (Å²) in [4.78, 5) is 7.38. The van der Waals surface area contributed by atoms with Crippen LogP contribution in [0.5, 0.6) is 0 Å². The molecule has 3 aromatic rings. The summed E-state index contributed by atoms with van der Waals surface area (Å²) in [7, 11) is 0. The Morgan fingerprint density at radius 3 is 2.47 bits per heavy atom. The molecule has 0 bridgehead atoms. The van der Waals surface area contributed by atoms with Gasteiger partial charge in [-0.2, -0.15) is 0 Å². The lowest BCUT2D eigenvalue weighted by Gasteiger charge is -2.27. The van der Waals surface area contributed by atoms with Gasteiger partial charge in [-0.25, -0.2) is 0 Å². The summed E-state index contributed by atoms with van der Waals surface area (Å²) in [5.74, 6) is 0.697. The van der Waals surface area contributed by atoms with E-state index in [0.717, 1.165) is 0 Å². The number of para-hydroxylation sites is 1. The smallest absolute Gasteiger partial charge is 0.0525 e. The summed E-state index contributed by atoms with van der Waals surface area (Å²) in [5, 5.41) is 2.64. The number of fused-ring (bicyclic) bond motifs is 3. The fourth-order valence-electron chi connectivity index (χ4n) is 5.35. The van der Waals surface area contributed by atoms with Crippen molar-refractivity contribution < 1.29 is 0 Å². The second kappa shape index (κ2) is 7.43. The molecule has 2 nitrogen and oxygen atoms in total. The second-order valence-corrected chi connectivity index (χ2v) is 9.30. The molecule has 1 aliphatic heterocycles. The molecule has 2 atom stereocenters. The predicted molar refractivity (Wildman–Crippen MR) is 129 cm³/mol. The van der Waals surface area contributed by atoms with Gasteiger partial charge in [0, 0.05) is 23.0 Å². The molecule has 0 amide bonds. The lowest BCUT2D eigenvalue weighted by atomic mass is 9.81. The lowest BCUT2D eigenvalue weighted by Crippen LogP contribution is -2.23. The topological polar surface area (TPSA) is 15.6 Å². The molecule has 152 valence electrons. The largest absolute Gasteiger partial charge is 0.313 e. The first-order valence-electron chi connectivity index (χ1n) is 11.2. The van der Waals surface area contributed by atoms with Crippen LogP contribution in [0.25, 0.3) is 10.8 Å². The van der Waals surface area contributed by atoms with Gasteiger partial charge in [0.15, 0.2) is 0 Å². The highest BCUT2D eigenvalue weighted by Crippen LogP contribution is 2.53.